The minimum Gasteiger partial charge on any atom is -0.290 e. The van der Waals surface area contributed by atoms with Crippen LogP contribution >= 0.6 is 0 Å². The summed E-state index contributed by atoms with van der Waals surface area (Å²) in [6, 6.07) is 0.241. The maximum Gasteiger partial charge on any atom is 0.229 e. The topological polar surface area (TPSA) is 28.0 Å². The van der Waals surface area contributed by atoms with E-state index in [9.17, 15) is 0 Å². The zero-order valence-corrected chi connectivity index (χ0v) is 8.81. The Kier molecular flexibility index (Phi) is 2.23. The third-order valence-corrected chi connectivity index (χ3v) is 2.35. The quantitative estimate of drug-likeness (QED) is 0.621. The van der Waals surface area contributed by atoms with Crippen molar-refractivity contribution >= 4 is 12.2 Å². The van der Waals surface area contributed by atoms with E-state index < -0.39 is 0 Å². The van der Waals surface area contributed by atoms with E-state index in [-0.39, 0.29) is 6.04 Å². The van der Waals surface area contributed by atoms with E-state index in [1.807, 2.05) is 12.3 Å². The molecule has 14 heavy (non-hydrogen) atoms. The lowest BCUT2D eigenvalue weighted by Crippen LogP contribution is -2.32. The van der Waals surface area contributed by atoms with Crippen LogP contribution in [-0.2, 0) is 0 Å². The molecule has 74 valence electrons. The fourth-order valence-corrected chi connectivity index (χ4v) is 1.59. The normalized spacial score (nSPS) is 24.9. The monoisotopic (exact) mass is 189 g/mol. The van der Waals surface area contributed by atoms with E-state index in [1.165, 1.54) is 5.70 Å². The van der Waals surface area contributed by atoms with Crippen molar-refractivity contribution in [2.75, 3.05) is 0 Å². The van der Waals surface area contributed by atoms with Crippen LogP contribution in [0, 0.1) is 5.92 Å². The van der Waals surface area contributed by atoms with Gasteiger partial charge in [-0.05, 0) is 25.0 Å². The molecule has 2 rings (SSSR count). The summed E-state index contributed by atoms with van der Waals surface area (Å²) in [4.78, 5) is 10.8. The zero-order chi connectivity index (χ0) is 10.1. The summed E-state index contributed by atoms with van der Waals surface area (Å²) in [7, 11) is 0. The van der Waals surface area contributed by atoms with E-state index in [0.717, 1.165) is 5.96 Å². The highest BCUT2D eigenvalue weighted by molar-refractivity contribution is 5.96. The first kappa shape index (κ1) is 9.19. The van der Waals surface area contributed by atoms with Crippen molar-refractivity contribution in [2.24, 2.45) is 15.9 Å². The van der Waals surface area contributed by atoms with Crippen LogP contribution in [0.3, 0.4) is 0 Å². The number of hydrogen-bond acceptors (Lipinski definition) is 3. The van der Waals surface area contributed by atoms with Crippen molar-refractivity contribution in [3.05, 3.63) is 24.0 Å². The fourth-order valence-electron chi connectivity index (χ4n) is 1.59. The number of rotatable bonds is 1. The summed E-state index contributed by atoms with van der Waals surface area (Å²) in [5.74, 6) is 1.30. The highest BCUT2D eigenvalue weighted by atomic mass is 15.3. The average Bonchev–Trinajstić information content (AvgIpc) is 2.16. The van der Waals surface area contributed by atoms with Crippen molar-refractivity contribution in [1.29, 1.82) is 0 Å². The first-order chi connectivity index (χ1) is 6.68. The van der Waals surface area contributed by atoms with Gasteiger partial charge in [0.2, 0.25) is 5.96 Å². The van der Waals surface area contributed by atoms with E-state index in [2.05, 4.69) is 47.9 Å². The van der Waals surface area contributed by atoms with E-state index in [4.69, 9.17) is 0 Å². The average molecular weight is 189 g/mol. The van der Waals surface area contributed by atoms with Crippen LogP contribution in [0.5, 0.6) is 0 Å². The molecule has 0 N–H and O–H groups in total. The minimum atomic E-state index is 0.241. The van der Waals surface area contributed by atoms with Gasteiger partial charge in [-0.15, -0.1) is 0 Å². The van der Waals surface area contributed by atoms with Crippen LogP contribution in [0.15, 0.2) is 34.0 Å². The molecule has 1 atom stereocenters. The highest BCUT2D eigenvalue weighted by Gasteiger charge is 2.21. The van der Waals surface area contributed by atoms with Gasteiger partial charge in [0.05, 0.1) is 6.04 Å². The van der Waals surface area contributed by atoms with Crippen molar-refractivity contribution in [1.82, 2.24) is 4.90 Å². The molecule has 0 aliphatic carbocycles. The van der Waals surface area contributed by atoms with Gasteiger partial charge in [-0.2, -0.15) is 0 Å². The number of guanidine groups is 1. The number of nitrogens with zero attached hydrogens (tertiary/aromatic N) is 3. The molecule has 3 heteroatoms. The number of allylic oxidation sites excluding steroid dienone is 2. The van der Waals surface area contributed by atoms with Gasteiger partial charge >= 0.3 is 0 Å². The molecule has 0 aromatic carbocycles. The maximum absolute atomic E-state index is 4.45. The van der Waals surface area contributed by atoms with Crippen LogP contribution in [0.4, 0.5) is 0 Å². The van der Waals surface area contributed by atoms with Gasteiger partial charge in [0.25, 0.3) is 0 Å². The molecule has 0 spiro atoms. The van der Waals surface area contributed by atoms with Gasteiger partial charge in [0, 0.05) is 18.1 Å². The Bertz CT molecular complexity index is 348. The third kappa shape index (κ3) is 1.50. The van der Waals surface area contributed by atoms with Crippen molar-refractivity contribution in [3.8, 4) is 0 Å². The Balaban J connectivity index is 2.33. The number of fused-ring (bicyclic) bond motifs is 1. The van der Waals surface area contributed by atoms with Gasteiger partial charge in [-0.25, -0.2) is 9.98 Å². The summed E-state index contributed by atoms with van der Waals surface area (Å²) in [5, 5.41) is 0. The molecule has 3 nitrogen and oxygen atoms in total. The van der Waals surface area contributed by atoms with Gasteiger partial charge in [0.1, 0.15) is 0 Å². The molecule has 0 radical (unpaired) electrons. The molecular formula is C11H15N3. The predicted molar refractivity (Wildman–Crippen MR) is 59.3 cm³/mol. The predicted octanol–water partition coefficient (Wildman–Crippen LogP) is 2.18. The maximum atomic E-state index is 4.45. The molecule has 2 heterocycles. The van der Waals surface area contributed by atoms with E-state index >= 15 is 0 Å². The summed E-state index contributed by atoms with van der Waals surface area (Å²) in [5.41, 5.74) is 1.25. The summed E-state index contributed by atoms with van der Waals surface area (Å²) >= 11 is 0. The molecule has 0 aromatic heterocycles. The molecule has 0 bridgehead atoms. The first-order valence-corrected chi connectivity index (χ1v) is 4.98. The fraction of sp³-hybridized carbons (Fsp3) is 0.455. The Morgan fingerprint density at radius 3 is 2.93 bits per heavy atom. The Labute approximate surface area is 84.5 Å². The molecule has 0 fully saturated rings. The van der Waals surface area contributed by atoms with E-state index in [1.54, 1.807) is 0 Å². The van der Waals surface area contributed by atoms with Gasteiger partial charge in [0.15, 0.2) is 0 Å². The van der Waals surface area contributed by atoms with Crippen molar-refractivity contribution < 1.29 is 0 Å². The van der Waals surface area contributed by atoms with E-state index in [0.29, 0.717) is 5.92 Å². The lowest BCUT2D eigenvalue weighted by atomic mass is 10.1. The molecule has 1 unspecified atom stereocenters. The Morgan fingerprint density at radius 2 is 2.21 bits per heavy atom. The SMILES string of the molecule is CC1C=CN2C(C(C)C)=CC=NC2=N1. The van der Waals surface area contributed by atoms with Crippen molar-refractivity contribution in [3.63, 3.8) is 0 Å². The second kappa shape index (κ2) is 3.40. The third-order valence-electron chi connectivity index (χ3n) is 2.35. The molecule has 0 saturated heterocycles. The second-order valence-electron chi connectivity index (χ2n) is 3.91. The number of hydrogen-bond donors (Lipinski definition) is 0. The standard InChI is InChI=1S/C11H15N3/c1-8(2)10-4-6-12-11-13-9(3)5-7-14(10)11/h4-9H,1-3H3. The van der Waals surface area contributed by atoms with Crippen LogP contribution in [-0.4, -0.2) is 23.1 Å². The molecule has 0 aromatic rings. The molecule has 0 amide bonds. The first-order valence-electron chi connectivity index (χ1n) is 4.98. The Morgan fingerprint density at radius 1 is 1.43 bits per heavy atom. The summed E-state index contributed by atoms with van der Waals surface area (Å²) in [6.07, 6.45) is 8.02. The Hall–Kier alpha value is -1.38. The molecular weight excluding hydrogens is 174 g/mol. The zero-order valence-electron chi connectivity index (χ0n) is 8.81. The summed E-state index contributed by atoms with van der Waals surface area (Å²) < 4.78 is 0. The molecule has 2 aliphatic rings. The summed E-state index contributed by atoms with van der Waals surface area (Å²) in [6.45, 7) is 6.41. The van der Waals surface area contributed by atoms with Crippen LogP contribution < -0.4 is 0 Å². The van der Waals surface area contributed by atoms with Gasteiger partial charge < -0.3 is 0 Å². The molecule has 0 saturated carbocycles. The smallest absolute Gasteiger partial charge is 0.229 e. The lowest BCUT2D eigenvalue weighted by molar-refractivity contribution is 0.543. The van der Waals surface area contributed by atoms with Gasteiger partial charge in [-0.3, -0.25) is 4.90 Å². The highest BCUT2D eigenvalue weighted by Crippen LogP contribution is 2.22. The van der Waals surface area contributed by atoms with Crippen LogP contribution in [0.25, 0.3) is 0 Å². The largest absolute Gasteiger partial charge is 0.290 e. The minimum absolute atomic E-state index is 0.241. The van der Waals surface area contributed by atoms with Crippen LogP contribution in [0.2, 0.25) is 0 Å². The number of aliphatic imine (C=N–C) groups is 2. The second-order valence-corrected chi connectivity index (χ2v) is 3.91. The van der Waals surface area contributed by atoms with Gasteiger partial charge in [-0.1, -0.05) is 13.8 Å². The molecule has 2 aliphatic heterocycles. The van der Waals surface area contributed by atoms with Crippen molar-refractivity contribution in [2.45, 2.75) is 26.8 Å². The van der Waals surface area contributed by atoms with Crippen LogP contribution in [0.1, 0.15) is 20.8 Å². The lowest BCUT2D eigenvalue weighted by Gasteiger charge is -2.30.